The number of carbonyl (C=O) groups is 1. The fourth-order valence-corrected chi connectivity index (χ4v) is 1.95. The predicted octanol–water partition coefficient (Wildman–Crippen LogP) is 3.25. The second kappa shape index (κ2) is 9.77. The summed E-state index contributed by atoms with van der Waals surface area (Å²) in [4.78, 5) is 16.7. The van der Waals surface area contributed by atoms with Crippen molar-refractivity contribution in [1.29, 1.82) is 0 Å². The highest BCUT2D eigenvalue weighted by atomic mass is 16.6. The van der Waals surface area contributed by atoms with Gasteiger partial charge in [-0.1, -0.05) is 36.0 Å². The van der Waals surface area contributed by atoms with E-state index in [4.69, 9.17) is 14.3 Å². The van der Waals surface area contributed by atoms with Crippen LogP contribution in [0.3, 0.4) is 0 Å². The average molecular weight is 340 g/mol. The van der Waals surface area contributed by atoms with E-state index in [9.17, 15) is 4.79 Å². The van der Waals surface area contributed by atoms with Gasteiger partial charge in [-0.15, -0.1) is 0 Å². The van der Waals surface area contributed by atoms with Crippen molar-refractivity contribution in [1.82, 2.24) is 0 Å². The van der Waals surface area contributed by atoms with Crippen LogP contribution in [0.2, 0.25) is 0 Å². The summed E-state index contributed by atoms with van der Waals surface area (Å²) < 4.78 is 10.7. The van der Waals surface area contributed by atoms with Crippen LogP contribution < -0.4 is 14.8 Å². The molecule has 6 heteroatoms. The summed E-state index contributed by atoms with van der Waals surface area (Å²) in [7, 11) is 1.56. The lowest BCUT2D eigenvalue weighted by Crippen LogP contribution is -2.16. The molecular formula is C19H20N2O4. The van der Waals surface area contributed by atoms with E-state index in [1.807, 2.05) is 18.2 Å². The zero-order valence-electron chi connectivity index (χ0n) is 14.0. The molecule has 2 aromatic rings. The lowest BCUT2D eigenvalue weighted by Gasteiger charge is -2.09. The highest BCUT2D eigenvalue weighted by Gasteiger charge is 2.05. The van der Waals surface area contributed by atoms with Gasteiger partial charge in [-0.05, 0) is 30.3 Å². The first-order valence-electron chi connectivity index (χ1n) is 7.65. The molecule has 0 aliphatic heterocycles. The van der Waals surface area contributed by atoms with Gasteiger partial charge in [0.15, 0.2) is 18.1 Å². The Bertz CT molecular complexity index is 729. The molecule has 0 fully saturated rings. The first-order valence-corrected chi connectivity index (χ1v) is 7.65. The van der Waals surface area contributed by atoms with Crippen LogP contribution in [-0.4, -0.2) is 32.4 Å². The monoisotopic (exact) mass is 340 g/mol. The first kappa shape index (κ1) is 18.1. The van der Waals surface area contributed by atoms with Gasteiger partial charge in [0.25, 0.3) is 5.91 Å². The summed E-state index contributed by atoms with van der Waals surface area (Å²) in [6.07, 6.45) is 3.15. The van der Waals surface area contributed by atoms with Gasteiger partial charge < -0.3 is 19.6 Å². The molecule has 0 bridgehead atoms. The minimum absolute atomic E-state index is 0.178. The summed E-state index contributed by atoms with van der Waals surface area (Å²) in [5.74, 6) is 0.907. The van der Waals surface area contributed by atoms with Gasteiger partial charge in [0.05, 0.1) is 13.3 Å². The van der Waals surface area contributed by atoms with E-state index in [1.54, 1.807) is 43.5 Å². The Labute approximate surface area is 146 Å². The van der Waals surface area contributed by atoms with Crippen molar-refractivity contribution in [2.45, 2.75) is 0 Å². The quantitative estimate of drug-likeness (QED) is 0.432. The molecule has 0 radical (unpaired) electrons. The molecule has 0 unspecified atom stereocenters. The van der Waals surface area contributed by atoms with Crippen LogP contribution in [0.5, 0.6) is 11.5 Å². The van der Waals surface area contributed by atoms with E-state index in [-0.39, 0.29) is 12.5 Å². The van der Waals surface area contributed by atoms with Crippen LogP contribution >= 0.6 is 0 Å². The van der Waals surface area contributed by atoms with E-state index < -0.39 is 0 Å². The number of rotatable bonds is 9. The molecule has 130 valence electrons. The molecule has 0 aliphatic rings. The third-order valence-electron chi connectivity index (χ3n) is 3.07. The van der Waals surface area contributed by atoms with Crippen molar-refractivity contribution < 1.29 is 19.1 Å². The smallest absolute Gasteiger partial charge is 0.265 e. The SMILES string of the molecule is C=CCOc1ccc(/C=N/OCC(=O)Nc2ccccc2)cc1OC. The molecule has 2 rings (SSSR count). The maximum absolute atomic E-state index is 11.7. The lowest BCUT2D eigenvalue weighted by atomic mass is 10.2. The molecule has 25 heavy (non-hydrogen) atoms. The topological polar surface area (TPSA) is 69.2 Å². The molecule has 1 amide bonds. The van der Waals surface area contributed by atoms with Crippen molar-refractivity contribution in [3.63, 3.8) is 0 Å². The largest absolute Gasteiger partial charge is 0.493 e. The molecule has 0 heterocycles. The molecule has 2 aromatic carbocycles. The lowest BCUT2D eigenvalue weighted by molar-refractivity contribution is -0.120. The number of amides is 1. The predicted molar refractivity (Wildman–Crippen MR) is 97.3 cm³/mol. The van der Waals surface area contributed by atoms with Crippen LogP contribution in [-0.2, 0) is 9.63 Å². The third kappa shape index (κ3) is 6.02. The second-order valence-corrected chi connectivity index (χ2v) is 4.93. The van der Waals surface area contributed by atoms with Crippen LogP contribution in [0.1, 0.15) is 5.56 Å². The van der Waals surface area contributed by atoms with Gasteiger partial charge in [-0.2, -0.15) is 0 Å². The highest BCUT2D eigenvalue weighted by Crippen LogP contribution is 2.27. The molecule has 0 spiro atoms. The minimum Gasteiger partial charge on any atom is -0.493 e. The number of anilines is 1. The van der Waals surface area contributed by atoms with Gasteiger partial charge >= 0.3 is 0 Å². The average Bonchev–Trinajstić information content (AvgIpc) is 2.64. The summed E-state index contributed by atoms with van der Waals surface area (Å²) in [5.41, 5.74) is 1.46. The van der Waals surface area contributed by atoms with Gasteiger partial charge in [0.1, 0.15) is 6.61 Å². The Morgan fingerprint density at radius 1 is 1.20 bits per heavy atom. The number of oxime groups is 1. The molecule has 0 aromatic heterocycles. The first-order chi connectivity index (χ1) is 12.2. The standard InChI is InChI=1S/C19H20N2O4/c1-3-11-24-17-10-9-15(12-18(17)23-2)13-20-25-14-19(22)21-16-7-5-4-6-8-16/h3-10,12-13H,1,11,14H2,2H3,(H,21,22)/b20-13+. The Balaban J connectivity index is 1.85. The van der Waals surface area contributed by atoms with E-state index >= 15 is 0 Å². The fraction of sp³-hybridized carbons (Fsp3) is 0.158. The number of nitrogens with one attached hydrogen (secondary N) is 1. The number of nitrogens with zero attached hydrogens (tertiary/aromatic N) is 1. The van der Waals surface area contributed by atoms with Gasteiger partial charge in [-0.25, -0.2) is 0 Å². The van der Waals surface area contributed by atoms with Crippen molar-refractivity contribution in [2.24, 2.45) is 5.16 Å². The van der Waals surface area contributed by atoms with Crippen LogP contribution in [0, 0.1) is 0 Å². The molecule has 0 saturated carbocycles. The summed E-state index contributed by atoms with van der Waals surface area (Å²) in [6.45, 7) is 3.82. The van der Waals surface area contributed by atoms with Crippen molar-refractivity contribution >= 4 is 17.8 Å². The summed E-state index contributed by atoms with van der Waals surface area (Å²) in [5, 5.41) is 6.50. The Hall–Kier alpha value is -3.28. The van der Waals surface area contributed by atoms with Crippen LogP contribution in [0.4, 0.5) is 5.69 Å². The van der Waals surface area contributed by atoms with E-state index in [2.05, 4.69) is 17.1 Å². The molecule has 0 saturated heterocycles. The Kier molecular flexibility index (Phi) is 7.06. The van der Waals surface area contributed by atoms with Gasteiger partial charge in [0.2, 0.25) is 0 Å². The third-order valence-corrected chi connectivity index (χ3v) is 3.07. The number of methoxy groups -OCH3 is 1. The van der Waals surface area contributed by atoms with Crippen LogP contribution in [0.25, 0.3) is 0 Å². The molecular weight excluding hydrogens is 320 g/mol. The van der Waals surface area contributed by atoms with Crippen molar-refractivity contribution in [3.05, 3.63) is 66.7 Å². The van der Waals surface area contributed by atoms with Crippen molar-refractivity contribution in [3.8, 4) is 11.5 Å². The van der Waals surface area contributed by atoms with E-state index in [0.29, 0.717) is 23.8 Å². The van der Waals surface area contributed by atoms with Gasteiger partial charge in [0, 0.05) is 11.3 Å². The number of ether oxygens (including phenoxy) is 2. The number of hydrogen-bond acceptors (Lipinski definition) is 5. The summed E-state index contributed by atoms with van der Waals surface area (Å²) >= 11 is 0. The molecule has 1 N–H and O–H groups in total. The Morgan fingerprint density at radius 2 is 2.00 bits per heavy atom. The number of para-hydroxylation sites is 1. The highest BCUT2D eigenvalue weighted by molar-refractivity contribution is 5.91. The van der Waals surface area contributed by atoms with Crippen LogP contribution in [0.15, 0.2) is 66.3 Å². The second-order valence-electron chi connectivity index (χ2n) is 4.93. The zero-order valence-corrected chi connectivity index (χ0v) is 14.0. The Morgan fingerprint density at radius 3 is 2.72 bits per heavy atom. The number of hydrogen-bond donors (Lipinski definition) is 1. The normalized spacial score (nSPS) is 10.3. The number of benzene rings is 2. The maximum atomic E-state index is 11.7. The number of carbonyl (C=O) groups excluding carboxylic acids is 1. The molecule has 6 nitrogen and oxygen atoms in total. The minimum atomic E-state index is -0.283. The fourth-order valence-electron chi connectivity index (χ4n) is 1.95. The van der Waals surface area contributed by atoms with Gasteiger partial charge in [-0.3, -0.25) is 4.79 Å². The summed E-state index contributed by atoms with van der Waals surface area (Å²) in [6, 6.07) is 14.5. The van der Waals surface area contributed by atoms with Crippen molar-refractivity contribution in [2.75, 3.05) is 25.6 Å². The molecule has 0 atom stereocenters. The van der Waals surface area contributed by atoms with E-state index in [1.165, 1.54) is 6.21 Å². The zero-order chi connectivity index (χ0) is 17.9. The molecule has 0 aliphatic carbocycles. The maximum Gasteiger partial charge on any atom is 0.265 e. The van der Waals surface area contributed by atoms with E-state index in [0.717, 1.165) is 5.56 Å².